The number of aromatic nitrogens is 4. The van der Waals surface area contributed by atoms with Gasteiger partial charge in [-0.2, -0.15) is 9.97 Å². The average Bonchev–Trinajstić information content (AvgIpc) is 3.14. The molecular weight excluding hydrogens is 431 g/mol. The molecule has 0 bridgehead atoms. The maximum Gasteiger partial charge on any atom is 0.386 e. The van der Waals surface area contributed by atoms with Crippen LogP contribution >= 0.6 is 19.0 Å². The molecule has 13 heteroatoms. The molecule has 0 amide bonds. The van der Waals surface area contributed by atoms with E-state index in [-0.39, 0.29) is 23.8 Å². The largest absolute Gasteiger partial charge is 0.386 e. The second-order valence-electron chi connectivity index (χ2n) is 7.88. The third-order valence-corrected chi connectivity index (χ3v) is 6.36. The molecule has 1 aliphatic heterocycles. The van der Waals surface area contributed by atoms with Crippen molar-refractivity contribution < 1.29 is 23.1 Å². The lowest BCUT2D eigenvalue weighted by atomic mass is 10.0. The number of anilines is 2. The van der Waals surface area contributed by atoms with Gasteiger partial charge < -0.3 is 20.9 Å². The second kappa shape index (κ2) is 8.97. The Kier molecular flexibility index (Phi) is 6.95. The lowest BCUT2D eigenvalue weighted by Gasteiger charge is -2.27. The van der Waals surface area contributed by atoms with Crippen LogP contribution in [-0.4, -0.2) is 51.0 Å². The molecule has 2 unspecified atom stereocenters. The zero-order valence-electron chi connectivity index (χ0n) is 17.6. The molecule has 0 radical (unpaired) electrons. The van der Waals surface area contributed by atoms with Gasteiger partial charge in [-0.1, -0.05) is 26.1 Å². The highest BCUT2D eigenvalue weighted by atomic mass is 32.7. The van der Waals surface area contributed by atoms with Crippen LogP contribution in [0, 0.1) is 5.92 Å². The van der Waals surface area contributed by atoms with Crippen molar-refractivity contribution in [3.63, 3.8) is 0 Å². The van der Waals surface area contributed by atoms with Crippen molar-refractivity contribution in [2.75, 3.05) is 18.6 Å². The quantitative estimate of drug-likeness (QED) is 0.396. The Morgan fingerprint density at radius 2 is 1.97 bits per heavy atom. The minimum atomic E-state index is -3.65. The number of imidazole rings is 1. The SMILES string of the molecule is COC1[C@@H](OP(=O)(S)OC(C)C)[C@@H](CC(C)C)O[C@H]1n1cnc2c(N)nc(N)nc21. The number of nitrogen functional groups attached to an aromatic ring is 2. The Hall–Kier alpha value is -1.43. The van der Waals surface area contributed by atoms with Crippen molar-refractivity contribution in [3.8, 4) is 0 Å². The first kappa shape index (κ1) is 23.2. The van der Waals surface area contributed by atoms with Gasteiger partial charge in [0.15, 0.2) is 17.7 Å². The molecule has 168 valence electrons. The molecule has 30 heavy (non-hydrogen) atoms. The molecule has 1 aliphatic rings. The van der Waals surface area contributed by atoms with Crippen molar-refractivity contribution in [2.45, 2.75) is 64.8 Å². The highest BCUT2D eigenvalue weighted by molar-refractivity contribution is 8.44. The Morgan fingerprint density at radius 3 is 2.57 bits per heavy atom. The molecule has 5 atom stereocenters. The van der Waals surface area contributed by atoms with Crippen LogP contribution < -0.4 is 11.5 Å². The number of ether oxygens (including phenoxy) is 2. The van der Waals surface area contributed by atoms with E-state index in [1.165, 1.54) is 13.4 Å². The molecule has 2 aromatic rings. The van der Waals surface area contributed by atoms with E-state index >= 15 is 0 Å². The van der Waals surface area contributed by atoms with Crippen LogP contribution in [0.15, 0.2) is 6.33 Å². The summed E-state index contributed by atoms with van der Waals surface area (Å²) in [6.07, 6.45) is -0.581. The zero-order valence-corrected chi connectivity index (χ0v) is 19.4. The number of nitrogens with zero attached hydrogens (tertiary/aromatic N) is 4. The molecule has 0 aliphatic carbocycles. The molecule has 0 saturated carbocycles. The smallest absolute Gasteiger partial charge is 0.382 e. The summed E-state index contributed by atoms with van der Waals surface area (Å²) in [4.78, 5) is 12.5. The van der Waals surface area contributed by atoms with Crippen LogP contribution in [0.4, 0.5) is 11.8 Å². The van der Waals surface area contributed by atoms with Gasteiger partial charge in [-0.3, -0.25) is 13.6 Å². The molecule has 2 aromatic heterocycles. The van der Waals surface area contributed by atoms with Gasteiger partial charge >= 0.3 is 6.80 Å². The normalized spacial score (nSPS) is 26.7. The van der Waals surface area contributed by atoms with E-state index in [4.69, 9.17) is 30.0 Å². The molecule has 4 N–H and O–H groups in total. The summed E-state index contributed by atoms with van der Waals surface area (Å²) < 4.78 is 37.7. The summed E-state index contributed by atoms with van der Waals surface area (Å²) in [5, 5.41) is 0. The van der Waals surface area contributed by atoms with Gasteiger partial charge in [0, 0.05) is 7.11 Å². The van der Waals surface area contributed by atoms with Crippen LogP contribution in [0.1, 0.15) is 40.3 Å². The molecule has 3 rings (SSSR count). The maximum atomic E-state index is 12.8. The highest BCUT2D eigenvalue weighted by Gasteiger charge is 2.50. The number of hydrogen-bond donors (Lipinski definition) is 3. The van der Waals surface area contributed by atoms with Crippen LogP contribution in [0.3, 0.4) is 0 Å². The van der Waals surface area contributed by atoms with E-state index in [2.05, 4.69) is 41.0 Å². The zero-order chi connectivity index (χ0) is 22.2. The summed E-state index contributed by atoms with van der Waals surface area (Å²) in [7, 11) is 1.53. The van der Waals surface area contributed by atoms with Gasteiger partial charge in [-0.15, -0.1) is 0 Å². The van der Waals surface area contributed by atoms with E-state index in [9.17, 15) is 4.57 Å². The van der Waals surface area contributed by atoms with E-state index in [0.29, 0.717) is 17.6 Å². The van der Waals surface area contributed by atoms with Crippen molar-refractivity contribution in [3.05, 3.63) is 6.33 Å². The lowest BCUT2D eigenvalue weighted by Crippen LogP contribution is -2.35. The summed E-state index contributed by atoms with van der Waals surface area (Å²) in [6.45, 7) is 3.97. The Morgan fingerprint density at radius 1 is 1.27 bits per heavy atom. The Bertz CT molecular complexity index is 941. The maximum absolute atomic E-state index is 12.8. The number of thiol groups is 1. The first-order valence-electron chi connectivity index (χ1n) is 9.65. The third kappa shape index (κ3) is 4.90. The fourth-order valence-corrected chi connectivity index (χ4v) is 5.59. The monoisotopic (exact) mass is 460 g/mol. The predicted molar refractivity (Wildman–Crippen MR) is 116 cm³/mol. The van der Waals surface area contributed by atoms with E-state index in [1.54, 1.807) is 18.4 Å². The molecule has 1 fully saturated rings. The van der Waals surface area contributed by atoms with Gasteiger partial charge in [-0.25, -0.2) is 9.55 Å². The van der Waals surface area contributed by atoms with Crippen molar-refractivity contribution in [2.24, 2.45) is 5.92 Å². The number of rotatable bonds is 8. The molecule has 0 aromatic carbocycles. The molecular formula is C17H29N6O5PS. The summed E-state index contributed by atoms with van der Waals surface area (Å²) in [6, 6.07) is 0. The standard InChI is InChI=1S/C17H29N6O5PS/c1-8(2)6-10-12(28-29(24,30)27-9(3)4)13(25-5)16(26-10)23-7-20-11-14(18)21-17(19)22-15(11)23/h7-10,12-13,16H,6H2,1-5H3,(H,24,30)(H4,18,19,21,22)/t10-,12+,13?,16-,29?/m1/s1. The summed E-state index contributed by atoms with van der Waals surface area (Å²) >= 11 is 4.13. The topological polar surface area (TPSA) is 150 Å². The van der Waals surface area contributed by atoms with E-state index in [0.717, 1.165) is 0 Å². The molecule has 3 heterocycles. The van der Waals surface area contributed by atoms with E-state index < -0.39 is 31.3 Å². The van der Waals surface area contributed by atoms with Crippen LogP contribution in [0.5, 0.6) is 0 Å². The minimum absolute atomic E-state index is 0.0189. The van der Waals surface area contributed by atoms with Gasteiger partial charge in [0.2, 0.25) is 5.95 Å². The Balaban J connectivity index is 1.99. The van der Waals surface area contributed by atoms with Gasteiger partial charge in [0.25, 0.3) is 0 Å². The Labute approximate surface area is 180 Å². The number of fused-ring (bicyclic) bond motifs is 1. The van der Waals surface area contributed by atoms with Gasteiger partial charge in [0.1, 0.15) is 17.7 Å². The van der Waals surface area contributed by atoms with Gasteiger partial charge in [0.05, 0.1) is 18.5 Å². The summed E-state index contributed by atoms with van der Waals surface area (Å²) in [5.74, 6) is 0.473. The first-order valence-corrected chi connectivity index (χ1v) is 12.3. The molecule has 0 spiro atoms. The molecule has 11 nitrogen and oxygen atoms in total. The lowest BCUT2D eigenvalue weighted by molar-refractivity contribution is -0.0518. The fourth-order valence-electron chi connectivity index (χ4n) is 3.55. The predicted octanol–water partition coefficient (Wildman–Crippen LogP) is 2.80. The van der Waals surface area contributed by atoms with Crippen LogP contribution in [0.25, 0.3) is 11.2 Å². The van der Waals surface area contributed by atoms with Gasteiger partial charge in [-0.05, 0) is 26.2 Å². The van der Waals surface area contributed by atoms with Crippen molar-refractivity contribution in [1.82, 2.24) is 19.5 Å². The average molecular weight is 460 g/mol. The third-order valence-electron chi connectivity index (χ3n) is 4.60. The number of nitrogens with two attached hydrogens (primary N) is 2. The fraction of sp³-hybridized carbons (Fsp3) is 0.706. The van der Waals surface area contributed by atoms with Crippen molar-refractivity contribution >= 4 is 42.0 Å². The van der Waals surface area contributed by atoms with E-state index in [1.807, 2.05) is 0 Å². The van der Waals surface area contributed by atoms with Crippen molar-refractivity contribution in [1.29, 1.82) is 0 Å². The highest BCUT2D eigenvalue weighted by Crippen LogP contribution is 2.57. The summed E-state index contributed by atoms with van der Waals surface area (Å²) in [5.41, 5.74) is 12.5. The minimum Gasteiger partial charge on any atom is -0.382 e. The number of hydrogen-bond acceptors (Lipinski definition) is 10. The second-order valence-corrected chi connectivity index (χ2v) is 10.7. The van der Waals surface area contributed by atoms with Crippen LogP contribution in [0.2, 0.25) is 0 Å². The first-order chi connectivity index (χ1) is 14.0. The number of methoxy groups -OCH3 is 1. The van der Waals surface area contributed by atoms with Crippen LogP contribution in [-0.2, 0) is 23.1 Å². The molecule has 1 saturated heterocycles.